The number of rotatable bonds is 8. The molecule has 0 aliphatic rings. The first-order valence-corrected chi connectivity index (χ1v) is 8.05. The highest BCUT2D eigenvalue weighted by Crippen LogP contribution is 2.38. The molecule has 0 saturated carbocycles. The Hall–Kier alpha value is -0.740. The van der Waals surface area contributed by atoms with Crippen LogP contribution < -0.4 is 15.2 Å². The number of hydrogen-bond acceptors (Lipinski definition) is 3. The maximum atomic E-state index is 6.48. The van der Waals surface area contributed by atoms with Crippen LogP contribution in [0.3, 0.4) is 0 Å². The summed E-state index contributed by atoms with van der Waals surface area (Å²) in [6.45, 7) is 4.42. The van der Waals surface area contributed by atoms with Gasteiger partial charge in [0.2, 0.25) is 0 Å². The third-order valence-electron chi connectivity index (χ3n) is 3.82. The molecule has 0 bridgehead atoms. The Bertz CT molecular complexity index is 423. The molecular weight excluding hydrogens is 318 g/mol. The zero-order chi connectivity index (χ0) is 15.1. The zero-order valence-corrected chi connectivity index (χ0v) is 14.5. The van der Waals surface area contributed by atoms with Gasteiger partial charge in [0.25, 0.3) is 0 Å². The van der Waals surface area contributed by atoms with Gasteiger partial charge in [-0.1, -0.05) is 49.0 Å². The Labute approximate surface area is 131 Å². The van der Waals surface area contributed by atoms with Crippen LogP contribution in [0.2, 0.25) is 0 Å². The van der Waals surface area contributed by atoms with E-state index in [4.69, 9.17) is 15.2 Å². The molecule has 20 heavy (non-hydrogen) atoms. The normalized spacial score (nSPS) is 13.9. The van der Waals surface area contributed by atoms with E-state index in [0.717, 1.165) is 34.4 Å². The minimum Gasteiger partial charge on any atom is -0.493 e. The largest absolute Gasteiger partial charge is 0.493 e. The average molecular weight is 344 g/mol. The summed E-state index contributed by atoms with van der Waals surface area (Å²) in [5, 5.41) is 0. The lowest BCUT2D eigenvalue weighted by molar-refractivity contribution is 0.349. The third kappa shape index (κ3) is 4.13. The van der Waals surface area contributed by atoms with Crippen LogP contribution in [-0.4, -0.2) is 14.2 Å². The van der Waals surface area contributed by atoms with Gasteiger partial charge in [-0.3, -0.25) is 0 Å². The molecule has 0 aromatic heterocycles. The van der Waals surface area contributed by atoms with Crippen molar-refractivity contribution in [2.24, 2.45) is 11.7 Å². The lowest BCUT2D eigenvalue weighted by Gasteiger charge is -2.25. The molecule has 2 N–H and O–H groups in total. The molecule has 0 heterocycles. The standard InChI is InChI=1S/C16H26BrNO2/c1-5-7-8-11(6-2)16(18)12-9-14(19-3)15(20-4)10-13(12)17/h9-11,16H,5-8,18H2,1-4H3. The van der Waals surface area contributed by atoms with Crippen molar-refractivity contribution < 1.29 is 9.47 Å². The molecule has 0 amide bonds. The molecule has 0 radical (unpaired) electrons. The Morgan fingerprint density at radius 3 is 2.25 bits per heavy atom. The Morgan fingerprint density at radius 2 is 1.75 bits per heavy atom. The molecule has 1 aromatic rings. The second-order valence-electron chi connectivity index (χ2n) is 5.07. The van der Waals surface area contributed by atoms with Crippen molar-refractivity contribution in [2.45, 2.75) is 45.6 Å². The molecule has 2 atom stereocenters. The monoisotopic (exact) mass is 343 g/mol. The fourth-order valence-corrected chi connectivity index (χ4v) is 3.07. The van der Waals surface area contributed by atoms with Crippen molar-refractivity contribution in [3.8, 4) is 11.5 Å². The van der Waals surface area contributed by atoms with E-state index in [9.17, 15) is 0 Å². The van der Waals surface area contributed by atoms with E-state index in [1.807, 2.05) is 12.1 Å². The SMILES string of the molecule is CCCCC(CC)C(N)c1cc(OC)c(OC)cc1Br. The van der Waals surface area contributed by atoms with Gasteiger partial charge in [-0.2, -0.15) is 0 Å². The molecule has 1 aromatic carbocycles. The molecule has 0 saturated heterocycles. The van der Waals surface area contributed by atoms with Crippen LogP contribution in [0.5, 0.6) is 11.5 Å². The highest BCUT2D eigenvalue weighted by atomic mass is 79.9. The average Bonchev–Trinajstić information content (AvgIpc) is 2.47. The second-order valence-corrected chi connectivity index (χ2v) is 5.92. The van der Waals surface area contributed by atoms with Gasteiger partial charge in [0.15, 0.2) is 11.5 Å². The van der Waals surface area contributed by atoms with Crippen molar-refractivity contribution >= 4 is 15.9 Å². The van der Waals surface area contributed by atoms with Crippen molar-refractivity contribution in [1.29, 1.82) is 0 Å². The number of methoxy groups -OCH3 is 2. The van der Waals surface area contributed by atoms with Gasteiger partial charge in [0.05, 0.1) is 14.2 Å². The van der Waals surface area contributed by atoms with Gasteiger partial charge in [0, 0.05) is 10.5 Å². The number of nitrogens with two attached hydrogens (primary N) is 1. The fourth-order valence-electron chi connectivity index (χ4n) is 2.48. The fraction of sp³-hybridized carbons (Fsp3) is 0.625. The summed E-state index contributed by atoms with van der Waals surface area (Å²) < 4.78 is 11.7. The van der Waals surface area contributed by atoms with E-state index in [2.05, 4.69) is 29.8 Å². The van der Waals surface area contributed by atoms with Gasteiger partial charge in [-0.25, -0.2) is 0 Å². The molecule has 0 fully saturated rings. The molecule has 0 aliphatic carbocycles. The van der Waals surface area contributed by atoms with Gasteiger partial charge in [-0.15, -0.1) is 0 Å². The van der Waals surface area contributed by atoms with Gasteiger partial charge in [-0.05, 0) is 30.0 Å². The molecule has 114 valence electrons. The van der Waals surface area contributed by atoms with Crippen LogP contribution in [0.15, 0.2) is 16.6 Å². The number of ether oxygens (including phenoxy) is 2. The van der Waals surface area contributed by atoms with Crippen molar-refractivity contribution in [2.75, 3.05) is 14.2 Å². The summed E-state index contributed by atoms with van der Waals surface area (Å²) in [6.07, 6.45) is 4.67. The summed E-state index contributed by atoms with van der Waals surface area (Å²) >= 11 is 3.60. The smallest absolute Gasteiger partial charge is 0.161 e. The lowest BCUT2D eigenvalue weighted by atomic mass is 9.87. The first-order valence-electron chi connectivity index (χ1n) is 7.25. The Kier molecular flexibility index (Phi) is 7.38. The zero-order valence-electron chi connectivity index (χ0n) is 12.9. The quantitative estimate of drug-likeness (QED) is 0.744. The summed E-state index contributed by atoms with van der Waals surface area (Å²) in [7, 11) is 3.29. The minimum atomic E-state index is 0.0146. The van der Waals surface area contributed by atoms with E-state index in [0.29, 0.717) is 5.92 Å². The number of benzene rings is 1. The predicted octanol–water partition coefficient (Wildman–Crippen LogP) is 4.68. The van der Waals surface area contributed by atoms with E-state index >= 15 is 0 Å². The van der Waals surface area contributed by atoms with Crippen molar-refractivity contribution in [1.82, 2.24) is 0 Å². The Morgan fingerprint density at radius 1 is 1.15 bits per heavy atom. The predicted molar refractivity (Wildman–Crippen MR) is 87.5 cm³/mol. The van der Waals surface area contributed by atoms with Gasteiger partial charge in [0.1, 0.15) is 0 Å². The first kappa shape index (κ1) is 17.3. The van der Waals surface area contributed by atoms with Crippen LogP contribution >= 0.6 is 15.9 Å². The van der Waals surface area contributed by atoms with E-state index in [1.54, 1.807) is 14.2 Å². The summed E-state index contributed by atoms with van der Waals surface area (Å²) in [5.41, 5.74) is 7.57. The molecule has 0 aliphatic heterocycles. The van der Waals surface area contributed by atoms with E-state index in [-0.39, 0.29) is 6.04 Å². The summed E-state index contributed by atoms with van der Waals surface area (Å²) in [4.78, 5) is 0. The molecule has 4 heteroatoms. The maximum Gasteiger partial charge on any atom is 0.161 e. The number of unbranched alkanes of at least 4 members (excludes halogenated alkanes) is 1. The lowest BCUT2D eigenvalue weighted by Crippen LogP contribution is -2.21. The van der Waals surface area contributed by atoms with Crippen molar-refractivity contribution in [3.05, 3.63) is 22.2 Å². The molecule has 2 unspecified atom stereocenters. The van der Waals surface area contributed by atoms with Crippen LogP contribution in [0.1, 0.15) is 51.1 Å². The van der Waals surface area contributed by atoms with Crippen LogP contribution in [0.4, 0.5) is 0 Å². The Balaban J connectivity index is 3.04. The number of halogens is 1. The topological polar surface area (TPSA) is 44.5 Å². The van der Waals surface area contributed by atoms with Gasteiger partial charge >= 0.3 is 0 Å². The van der Waals surface area contributed by atoms with Crippen LogP contribution in [0, 0.1) is 5.92 Å². The van der Waals surface area contributed by atoms with Crippen LogP contribution in [-0.2, 0) is 0 Å². The van der Waals surface area contributed by atoms with Gasteiger partial charge < -0.3 is 15.2 Å². The molecular formula is C16H26BrNO2. The van der Waals surface area contributed by atoms with Crippen molar-refractivity contribution in [3.63, 3.8) is 0 Å². The molecule has 0 spiro atoms. The highest BCUT2D eigenvalue weighted by Gasteiger charge is 2.21. The summed E-state index contributed by atoms with van der Waals surface area (Å²) in [5.74, 6) is 1.94. The van der Waals surface area contributed by atoms with E-state index in [1.165, 1.54) is 12.8 Å². The molecule has 1 rings (SSSR count). The number of hydrogen-bond donors (Lipinski definition) is 1. The third-order valence-corrected chi connectivity index (χ3v) is 4.51. The first-order chi connectivity index (χ1) is 9.58. The minimum absolute atomic E-state index is 0.0146. The van der Waals surface area contributed by atoms with E-state index < -0.39 is 0 Å². The second kappa shape index (κ2) is 8.53. The molecule has 3 nitrogen and oxygen atoms in total. The summed E-state index contributed by atoms with van der Waals surface area (Å²) in [6, 6.07) is 3.93. The van der Waals surface area contributed by atoms with Crippen LogP contribution in [0.25, 0.3) is 0 Å². The maximum absolute atomic E-state index is 6.48. The highest BCUT2D eigenvalue weighted by molar-refractivity contribution is 9.10.